The molecule has 3 heteroatoms. The topological polar surface area (TPSA) is 29.9 Å². The van der Waals surface area contributed by atoms with E-state index in [1.807, 2.05) is 0 Å². The predicted molar refractivity (Wildman–Crippen MR) is 87.3 cm³/mol. The van der Waals surface area contributed by atoms with Crippen LogP contribution in [-0.4, -0.2) is 16.1 Å². The van der Waals surface area contributed by atoms with Crippen molar-refractivity contribution in [3.05, 3.63) is 41.7 Å². The molecule has 0 saturated heterocycles. The van der Waals surface area contributed by atoms with Crippen molar-refractivity contribution in [2.24, 2.45) is 0 Å². The van der Waals surface area contributed by atoms with Gasteiger partial charge in [0.25, 0.3) is 0 Å². The van der Waals surface area contributed by atoms with Gasteiger partial charge in [-0.05, 0) is 20.3 Å². The van der Waals surface area contributed by atoms with E-state index in [0.29, 0.717) is 0 Å². The number of imidazole rings is 1. The fourth-order valence-electron chi connectivity index (χ4n) is 3.47. The summed E-state index contributed by atoms with van der Waals surface area (Å²) in [6.45, 7) is 8.88. The number of hydrogen-bond donors (Lipinski definition) is 1. The third-order valence-corrected chi connectivity index (χ3v) is 4.39. The number of hydrogen-bond acceptors (Lipinski definition) is 2. The molecule has 1 aromatic heterocycles. The monoisotopic (exact) mass is 283 g/mol. The largest absolute Gasteiger partial charge is 0.322 e. The Bertz CT molecular complexity index is 611. The predicted octanol–water partition coefficient (Wildman–Crippen LogP) is 3.73. The van der Waals surface area contributed by atoms with Crippen LogP contribution in [0.1, 0.15) is 45.0 Å². The van der Waals surface area contributed by atoms with Crippen molar-refractivity contribution in [3.8, 4) is 11.4 Å². The number of nitrogens with zero attached hydrogens (tertiary/aromatic N) is 2. The average Bonchev–Trinajstić information content (AvgIpc) is 2.88. The molecule has 0 unspecified atom stereocenters. The Kier molecular flexibility index (Phi) is 3.85. The molecule has 112 valence electrons. The molecule has 1 aliphatic heterocycles. The summed E-state index contributed by atoms with van der Waals surface area (Å²) in [4.78, 5) is 4.97. The van der Waals surface area contributed by atoms with E-state index in [2.05, 4.69) is 61.0 Å². The number of aromatic nitrogens is 2. The number of fused-ring (bicyclic) bond motifs is 1. The summed E-state index contributed by atoms with van der Waals surface area (Å²) in [5.74, 6) is 1.13. The molecule has 1 aliphatic rings. The van der Waals surface area contributed by atoms with E-state index in [-0.39, 0.29) is 5.54 Å². The van der Waals surface area contributed by atoms with E-state index < -0.39 is 0 Å². The van der Waals surface area contributed by atoms with E-state index in [4.69, 9.17) is 4.98 Å². The molecule has 0 atom stereocenters. The molecule has 0 spiro atoms. The molecule has 0 fully saturated rings. The zero-order chi connectivity index (χ0) is 14.9. The first-order valence-electron chi connectivity index (χ1n) is 8.00. The molecule has 0 amide bonds. The van der Waals surface area contributed by atoms with Gasteiger partial charge in [-0.3, -0.25) is 0 Å². The van der Waals surface area contributed by atoms with Gasteiger partial charge in [-0.1, -0.05) is 43.7 Å². The third kappa shape index (κ3) is 2.62. The molecule has 3 rings (SSSR count). The van der Waals surface area contributed by atoms with Gasteiger partial charge in [0.15, 0.2) is 0 Å². The van der Waals surface area contributed by atoms with Gasteiger partial charge in [0, 0.05) is 36.3 Å². The van der Waals surface area contributed by atoms with Crippen molar-refractivity contribution < 1.29 is 0 Å². The Balaban J connectivity index is 2.17. The van der Waals surface area contributed by atoms with E-state index in [1.54, 1.807) is 0 Å². The van der Waals surface area contributed by atoms with Crippen molar-refractivity contribution in [1.82, 2.24) is 14.9 Å². The van der Waals surface area contributed by atoms with Gasteiger partial charge in [0.2, 0.25) is 0 Å². The Morgan fingerprint density at radius 3 is 2.71 bits per heavy atom. The van der Waals surface area contributed by atoms with Crippen LogP contribution < -0.4 is 5.32 Å². The van der Waals surface area contributed by atoms with Gasteiger partial charge in [0.05, 0.1) is 5.69 Å². The van der Waals surface area contributed by atoms with Crippen molar-refractivity contribution in [2.45, 2.75) is 52.1 Å². The Morgan fingerprint density at radius 1 is 1.24 bits per heavy atom. The molecule has 0 bridgehead atoms. The minimum Gasteiger partial charge on any atom is -0.322 e. The van der Waals surface area contributed by atoms with Crippen LogP contribution in [0, 0.1) is 0 Å². The Labute approximate surface area is 127 Å². The highest BCUT2D eigenvalue weighted by atomic mass is 15.2. The maximum atomic E-state index is 4.97. The van der Waals surface area contributed by atoms with Gasteiger partial charge in [-0.25, -0.2) is 4.98 Å². The summed E-state index contributed by atoms with van der Waals surface area (Å²) in [5.41, 5.74) is 3.98. The van der Waals surface area contributed by atoms with Crippen LogP contribution in [0.3, 0.4) is 0 Å². The highest BCUT2D eigenvalue weighted by Gasteiger charge is 2.29. The van der Waals surface area contributed by atoms with Gasteiger partial charge in [-0.2, -0.15) is 0 Å². The molecule has 21 heavy (non-hydrogen) atoms. The molecule has 3 nitrogen and oxygen atoms in total. The van der Waals surface area contributed by atoms with Gasteiger partial charge < -0.3 is 9.88 Å². The fourth-order valence-corrected chi connectivity index (χ4v) is 3.47. The molecule has 0 radical (unpaired) electrons. The minimum atomic E-state index is 0.109. The second kappa shape index (κ2) is 5.64. The Morgan fingerprint density at radius 2 is 2.00 bits per heavy atom. The SMILES string of the molecule is CCCC(C)(C)n1c(-c2ccccc2)nc2c1CCNC2. The molecule has 1 aromatic carbocycles. The lowest BCUT2D eigenvalue weighted by atomic mass is 9.96. The fraction of sp³-hybridized carbons (Fsp3) is 0.500. The lowest BCUT2D eigenvalue weighted by Crippen LogP contribution is -2.32. The van der Waals surface area contributed by atoms with Crippen molar-refractivity contribution >= 4 is 0 Å². The van der Waals surface area contributed by atoms with Gasteiger partial charge >= 0.3 is 0 Å². The van der Waals surface area contributed by atoms with Crippen LogP contribution >= 0.6 is 0 Å². The zero-order valence-corrected chi connectivity index (χ0v) is 13.3. The molecule has 2 aromatic rings. The van der Waals surface area contributed by atoms with Crippen LogP contribution in [0.4, 0.5) is 0 Å². The van der Waals surface area contributed by atoms with E-state index in [9.17, 15) is 0 Å². The van der Waals surface area contributed by atoms with Gasteiger partial charge in [-0.15, -0.1) is 0 Å². The molecule has 0 saturated carbocycles. The standard InChI is InChI=1S/C18H25N3/c1-4-11-18(2,3)21-16-10-12-19-13-15(16)20-17(21)14-8-6-5-7-9-14/h5-9,19H,4,10-13H2,1-3H3. The van der Waals surface area contributed by atoms with Crippen molar-refractivity contribution in [3.63, 3.8) is 0 Å². The van der Waals surface area contributed by atoms with E-state index in [0.717, 1.165) is 25.3 Å². The Hall–Kier alpha value is -1.61. The minimum absolute atomic E-state index is 0.109. The van der Waals surface area contributed by atoms with E-state index >= 15 is 0 Å². The van der Waals surface area contributed by atoms with Crippen LogP contribution in [0.5, 0.6) is 0 Å². The highest BCUT2D eigenvalue weighted by molar-refractivity contribution is 5.57. The second-order valence-electron chi connectivity index (χ2n) is 6.52. The zero-order valence-electron chi connectivity index (χ0n) is 13.3. The summed E-state index contributed by atoms with van der Waals surface area (Å²) < 4.78 is 2.50. The summed E-state index contributed by atoms with van der Waals surface area (Å²) in [6.07, 6.45) is 3.43. The normalized spacial score (nSPS) is 15.0. The van der Waals surface area contributed by atoms with Crippen LogP contribution in [-0.2, 0) is 18.5 Å². The molecule has 0 aliphatic carbocycles. The number of rotatable bonds is 4. The van der Waals surface area contributed by atoms with Crippen LogP contribution in [0.15, 0.2) is 30.3 Å². The second-order valence-corrected chi connectivity index (χ2v) is 6.52. The maximum absolute atomic E-state index is 4.97. The lowest BCUT2D eigenvalue weighted by Gasteiger charge is -2.31. The van der Waals surface area contributed by atoms with Crippen molar-refractivity contribution in [2.75, 3.05) is 6.54 Å². The average molecular weight is 283 g/mol. The first-order chi connectivity index (χ1) is 10.1. The maximum Gasteiger partial charge on any atom is 0.141 e. The van der Waals surface area contributed by atoms with Gasteiger partial charge in [0.1, 0.15) is 5.82 Å². The van der Waals surface area contributed by atoms with Crippen molar-refractivity contribution in [1.29, 1.82) is 0 Å². The molecule has 1 N–H and O–H groups in total. The summed E-state index contributed by atoms with van der Waals surface area (Å²) >= 11 is 0. The summed E-state index contributed by atoms with van der Waals surface area (Å²) in [7, 11) is 0. The number of benzene rings is 1. The summed E-state index contributed by atoms with van der Waals surface area (Å²) in [6, 6.07) is 10.6. The molecular weight excluding hydrogens is 258 g/mol. The van der Waals surface area contributed by atoms with E-state index in [1.165, 1.54) is 29.8 Å². The smallest absolute Gasteiger partial charge is 0.141 e. The summed E-state index contributed by atoms with van der Waals surface area (Å²) in [5, 5.41) is 3.44. The van der Waals surface area contributed by atoms with Crippen LogP contribution in [0.25, 0.3) is 11.4 Å². The molecule has 2 heterocycles. The first kappa shape index (κ1) is 14.3. The quantitative estimate of drug-likeness (QED) is 0.926. The highest BCUT2D eigenvalue weighted by Crippen LogP contribution is 2.33. The lowest BCUT2D eigenvalue weighted by molar-refractivity contribution is 0.316. The first-order valence-corrected chi connectivity index (χ1v) is 8.00. The molecular formula is C18H25N3. The third-order valence-electron chi connectivity index (χ3n) is 4.39. The number of nitrogens with one attached hydrogen (secondary N) is 1. The van der Waals surface area contributed by atoms with Crippen LogP contribution in [0.2, 0.25) is 0 Å².